The number of rotatable bonds is 4. The van der Waals surface area contributed by atoms with Crippen molar-refractivity contribution in [2.45, 2.75) is 12.8 Å². The number of hydrogen-bond donors (Lipinski definition) is 1. The van der Waals surface area contributed by atoms with Crippen molar-refractivity contribution in [1.82, 2.24) is 0 Å². The summed E-state index contributed by atoms with van der Waals surface area (Å²) in [6.45, 7) is 0.684. The lowest BCUT2D eigenvalue weighted by atomic mass is 10.2. The van der Waals surface area contributed by atoms with Gasteiger partial charge in [-0.15, -0.1) is 0 Å². The van der Waals surface area contributed by atoms with Gasteiger partial charge in [0.1, 0.15) is 5.76 Å². The van der Waals surface area contributed by atoms with E-state index in [-0.39, 0.29) is 0 Å². The Morgan fingerprint density at radius 2 is 2.45 bits per heavy atom. The first-order valence-electron chi connectivity index (χ1n) is 3.69. The second-order valence-electron chi connectivity index (χ2n) is 2.30. The third-order valence-corrected chi connectivity index (χ3v) is 1.53. The van der Waals surface area contributed by atoms with Crippen LogP contribution in [0.15, 0.2) is 16.7 Å². The van der Waals surface area contributed by atoms with E-state index in [1.165, 1.54) is 0 Å². The lowest BCUT2D eigenvalue weighted by Crippen LogP contribution is -2.00. The van der Waals surface area contributed by atoms with E-state index in [1.54, 1.807) is 13.4 Å². The van der Waals surface area contributed by atoms with Crippen LogP contribution < -0.4 is 10.5 Å². The number of furan rings is 1. The van der Waals surface area contributed by atoms with Crippen molar-refractivity contribution in [1.29, 1.82) is 0 Å². The fourth-order valence-electron chi connectivity index (χ4n) is 0.956. The summed E-state index contributed by atoms with van der Waals surface area (Å²) >= 11 is 0. The van der Waals surface area contributed by atoms with Gasteiger partial charge in [-0.25, -0.2) is 0 Å². The fourth-order valence-corrected chi connectivity index (χ4v) is 0.956. The monoisotopic (exact) mass is 155 g/mol. The molecule has 0 aliphatic heterocycles. The molecule has 11 heavy (non-hydrogen) atoms. The third-order valence-electron chi connectivity index (χ3n) is 1.53. The van der Waals surface area contributed by atoms with Gasteiger partial charge in [0.15, 0.2) is 5.75 Å². The van der Waals surface area contributed by atoms with Crippen molar-refractivity contribution < 1.29 is 9.15 Å². The van der Waals surface area contributed by atoms with Crippen LogP contribution in [0.1, 0.15) is 12.2 Å². The molecule has 0 aromatic carbocycles. The van der Waals surface area contributed by atoms with Gasteiger partial charge in [0, 0.05) is 12.5 Å². The number of hydrogen-bond acceptors (Lipinski definition) is 3. The fraction of sp³-hybridized carbons (Fsp3) is 0.500. The first-order valence-corrected chi connectivity index (χ1v) is 3.69. The molecule has 1 heterocycles. The van der Waals surface area contributed by atoms with Crippen molar-refractivity contribution in [3.8, 4) is 5.75 Å². The van der Waals surface area contributed by atoms with Crippen LogP contribution in [-0.2, 0) is 6.42 Å². The molecule has 0 saturated heterocycles. The molecule has 0 amide bonds. The molecule has 0 aliphatic rings. The van der Waals surface area contributed by atoms with Crippen LogP contribution >= 0.6 is 0 Å². The minimum atomic E-state index is 0.684. The van der Waals surface area contributed by atoms with Crippen LogP contribution in [0.2, 0.25) is 0 Å². The predicted molar refractivity (Wildman–Crippen MR) is 42.6 cm³/mol. The molecule has 0 fully saturated rings. The maximum absolute atomic E-state index is 5.35. The second kappa shape index (κ2) is 4.03. The minimum absolute atomic E-state index is 0.684. The van der Waals surface area contributed by atoms with Gasteiger partial charge >= 0.3 is 0 Å². The summed E-state index contributed by atoms with van der Waals surface area (Å²) in [6, 6.07) is 1.81. The molecule has 1 aromatic heterocycles. The molecule has 2 N–H and O–H groups in total. The van der Waals surface area contributed by atoms with Gasteiger partial charge in [-0.05, 0) is 13.0 Å². The van der Waals surface area contributed by atoms with Crippen molar-refractivity contribution in [2.75, 3.05) is 13.7 Å². The predicted octanol–water partition coefficient (Wildman–Crippen LogP) is 1.18. The summed E-state index contributed by atoms with van der Waals surface area (Å²) < 4.78 is 10.2. The molecular weight excluding hydrogens is 142 g/mol. The molecule has 0 aliphatic carbocycles. The Hall–Kier alpha value is -0.960. The van der Waals surface area contributed by atoms with Gasteiger partial charge in [-0.3, -0.25) is 0 Å². The summed E-state index contributed by atoms with van der Waals surface area (Å²) in [5.74, 6) is 1.71. The summed E-state index contributed by atoms with van der Waals surface area (Å²) in [7, 11) is 1.64. The summed E-state index contributed by atoms with van der Waals surface area (Å²) in [5.41, 5.74) is 5.35. The Morgan fingerprint density at radius 1 is 1.64 bits per heavy atom. The van der Waals surface area contributed by atoms with E-state index < -0.39 is 0 Å². The molecule has 0 radical (unpaired) electrons. The zero-order valence-corrected chi connectivity index (χ0v) is 6.67. The van der Waals surface area contributed by atoms with Crippen LogP contribution in [0, 0.1) is 0 Å². The molecule has 0 atom stereocenters. The van der Waals surface area contributed by atoms with Crippen LogP contribution in [0.3, 0.4) is 0 Å². The first-order chi connectivity index (χ1) is 5.38. The maximum Gasteiger partial charge on any atom is 0.160 e. The van der Waals surface area contributed by atoms with Crippen LogP contribution in [0.25, 0.3) is 0 Å². The first kappa shape index (κ1) is 8.14. The largest absolute Gasteiger partial charge is 0.493 e. The quantitative estimate of drug-likeness (QED) is 0.710. The molecule has 62 valence electrons. The Balaban J connectivity index is 2.54. The number of methoxy groups -OCH3 is 1. The van der Waals surface area contributed by atoms with E-state index in [4.69, 9.17) is 14.9 Å². The average Bonchev–Trinajstić information content (AvgIpc) is 2.47. The number of ether oxygens (including phenoxy) is 1. The molecule has 3 nitrogen and oxygen atoms in total. The minimum Gasteiger partial charge on any atom is -0.493 e. The Morgan fingerprint density at radius 3 is 3.09 bits per heavy atom. The highest BCUT2D eigenvalue weighted by molar-refractivity contribution is 5.24. The number of nitrogens with two attached hydrogens (primary N) is 1. The van der Waals surface area contributed by atoms with Gasteiger partial charge < -0.3 is 14.9 Å². The summed E-state index contributed by atoms with van der Waals surface area (Å²) in [5, 5.41) is 0. The lowest BCUT2D eigenvalue weighted by Gasteiger charge is -1.98. The zero-order valence-electron chi connectivity index (χ0n) is 6.67. The second-order valence-corrected chi connectivity index (χ2v) is 2.30. The molecule has 0 saturated carbocycles. The van der Waals surface area contributed by atoms with Crippen molar-refractivity contribution in [2.24, 2.45) is 5.73 Å². The van der Waals surface area contributed by atoms with Crippen molar-refractivity contribution >= 4 is 0 Å². The normalized spacial score (nSPS) is 10.0. The van der Waals surface area contributed by atoms with Crippen molar-refractivity contribution in [3.63, 3.8) is 0 Å². The molecule has 1 aromatic rings. The third kappa shape index (κ3) is 1.98. The Labute approximate surface area is 66.1 Å². The van der Waals surface area contributed by atoms with Crippen molar-refractivity contribution in [3.05, 3.63) is 18.1 Å². The van der Waals surface area contributed by atoms with Crippen LogP contribution in [0.4, 0.5) is 0 Å². The van der Waals surface area contributed by atoms with E-state index in [1.807, 2.05) is 6.07 Å². The van der Waals surface area contributed by atoms with E-state index >= 15 is 0 Å². The smallest absolute Gasteiger partial charge is 0.160 e. The lowest BCUT2D eigenvalue weighted by molar-refractivity contribution is 0.389. The highest BCUT2D eigenvalue weighted by Crippen LogP contribution is 2.19. The SMILES string of the molecule is COc1ccoc1CCCN. The highest BCUT2D eigenvalue weighted by atomic mass is 16.5. The van der Waals surface area contributed by atoms with Gasteiger partial charge in [0.05, 0.1) is 13.4 Å². The van der Waals surface area contributed by atoms with Gasteiger partial charge in [0.2, 0.25) is 0 Å². The highest BCUT2D eigenvalue weighted by Gasteiger charge is 2.04. The number of aryl methyl sites for hydroxylation is 1. The van der Waals surface area contributed by atoms with E-state index in [0.717, 1.165) is 24.4 Å². The Bertz CT molecular complexity index is 208. The topological polar surface area (TPSA) is 48.4 Å². The average molecular weight is 155 g/mol. The molecule has 1 rings (SSSR count). The Kier molecular flexibility index (Phi) is 2.98. The summed E-state index contributed by atoms with van der Waals surface area (Å²) in [4.78, 5) is 0. The summed E-state index contributed by atoms with van der Waals surface area (Å²) in [6.07, 6.45) is 3.42. The molecule has 3 heteroatoms. The van der Waals surface area contributed by atoms with E-state index in [2.05, 4.69) is 0 Å². The van der Waals surface area contributed by atoms with Gasteiger partial charge in [-0.1, -0.05) is 0 Å². The zero-order chi connectivity index (χ0) is 8.10. The van der Waals surface area contributed by atoms with Gasteiger partial charge in [-0.2, -0.15) is 0 Å². The van der Waals surface area contributed by atoms with Gasteiger partial charge in [0.25, 0.3) is 0 Å². The molecule has 0 bridgehead atoms. The molecule has 0 unspecified atom stereocenters. The molecular formula is C8H13NO2. The molecule has 0 spiro atoms. The van der Waals surface area contributed by atoms with E-state index in [9.17, 15) is 0 Å². The van der Waals surface area contributed by atoms with Crippen LogP contribution in [-0.4, -0.2) is 13.7 Å². The van der Waals surface area contributed by atoms with Crippen LogP contribution in [0.5, 0.6) is 5.75 Å². The standard InChI is InChI=1S/C8H13NO2/c1-10-7-4-6-11-8(7)3-2-5-9/h4,6H,2-3,5,9H2,1H3. The van der Waals surface area contributed by atoms with E-state index in [0.29, 0.717) is 6.54 Å². The maximum atomic E-state index is 5.35.